The van der Waals surface area contributed by atoms with Crippen molar-refractivity contribution in [2.45, 2.75) is 19.4 Å². The Labute approximate surface area is 111 Å². The SMILES string of the molecule is Cc1cc(CC2CSCC2O)c2ccccc2n1. The summed E-state index contributed by atoms with van der Waals surface area (Å²) in [6.07, 6.45) is 0.806. The number of aromatic nitrogens is 1. The van der Waals surface area contributed by atoms with Crippen LogP contribution in [-0.2, 0) is 6.42 Å². The summed E-state index contributed by atoms with van der Waals surface area (Å²) in [6.45, 7) is 2.04. The normalized spacial score (nSPS) is 23.7. The second-order valence-corrected chi connectivity index (χ2v) is 6.08. The molecule has 1 aliphatic heterocycles. The number of rotatable bonds is 2. The number of aliphatic hydroxyl groups is 1. The fourth-order valence-electron chi connectivity index (χ4n) is 2.63. The maximum absolute atomic E-state index is 9.96. The molecule has 1 N–H and O–H groups in total. The lowest BCUT2D eigenvalue weighted by Gasteiger charge is -2.15. The second kappa shape index (κ2) is 4.90. The molecule has 18 heavy (non-hydrogen) atoms. The van der Waals surface area contributed by atoms with Gasteiger partial charge in [0.15, 0.2) is 0 Å². The Morgan fingerprint density at radius 1 is 1.33 bits per heavy atom. The van der Waals surface area contributed by atoms with Crippen LogP contribution in [0.4, 0.5) is 0 Å². The maximum Gasteiger partial charge on any atom is 0.0707 e. The summed E-state index contributed by atoms with van der Waals surface area (Å²) >= 11 is 1.85. The van der Waals surface area contributed by atoms with E-state index in [9.17, 15) is 5.11 Å². The average Bonchev–Trinajstić information content (AvgIpc) is 2.75. The van der Waals surface area contributed by atoms with E-state index in [0.29, 0.717) is 5.92 Å². The second-order valence-electron chi connectivity index (χ2n) is 5.01. The molecule has 2 atom stereocenters. The van der Waals surface area contributed by atoms with E-state index < -0.39 is 0 Å². The van der Waals surface area contributed by atoms with Gasteiger partial charge in [0.2, 0.25) is 0 Å². The lowest BCUT2D eigenvalue weighted by Crippen LogP contribution is -2.20. The third-order valence-corrected chi connectivity index (χ3v) is 4.82. The van der Waals surface area contributed by atoms with Crippen LogP contribution in [0.2, 0.25) is 0 Å². The summed E-state index contributed by atoms with van der Waals surface area (Å²) in [6, 6.07) is 10.4. The van der Waals surface area contributed by atoms with Gasteiger partial charge in [-0.05, 0) is 42.7 Å². The van der Waals surface area contributed by atoms with Gasteiger partial charge in [0.05, 0.1) is 11.6 Å². The molecule has 0 spiro atoms. The van der Waals surface area contributed by atoms with Gasteiger partial charge >= 0.3 is 0 Å². The van der Waals surface area contributed by atoms with Gasteiger partial charge in [-0.25, -0.2) is 0 Å². The topological polar surface area (TPSA) is 33.1 Å². The van der Waals surface area contributed by atoms with E-state index in [4.69, 9.17) is 0 Å². The molecular weight excluding hydrogens is 242 g/mol. The number of thioether (sulfide) groups is 1. The molecule has 3 heteroatoms. The van der Waals surface area contributed by atoms with E-state index >= 15 is 0 Å². The molecule has 1 aromatic carbocycles. The van der Waals surface area contributed by atoms with Crippen LogP contribution in [0, 0.1) is 12.8 Å². The van der Waals surface area contributed by atoms with Crippen molar-refractivity contribution >= 4 is 22.7 Å². The molecule has 2 nitrogen and oxygen atoms in total. The Morgan fingerprint density at radius 2 is 2.17 bits per heavy atom. The van der Waals surface area contributed by atoms with Gasteiger partial charge in [-0.15, -0.1) is 0 Å². The number of benzene rings is 1. The molecule has 1 saturated heterocycles. The molecule has 94 valence electrons. The quantitative estimate of drug-likeness (QED) is 0.900. The summed E-state index contributed by atoms with van der Waals surface area (Å²) in [7, 11) is 0. The predicted octanol–water partition coefficient (Wildman–Crippen LogP) is 2.81. The van der Waals surface area contributed by atoms with Crippen molar-refractivity contribution in [2.75, 3.05) is 11.5 Å². The van der Waals surface area contributed by atoms with Crippen molar-refractivity contribution in [2.24, 2.45) is 5.92 Å². The van der Waals surface area contributed by atoms with Crippen molar-refractivity contribution in [1.82, 2.24) is 4.98 Å². The van der Waals surface area contributed by atoms with Crippen molar-refractivity contribution < 1.29 is 5.11 Å². The Morgan fingerprint density at radius 3 is 2.94 bits per heavy atom. The number of pyridine rings is 1. The van der Waals surface area contributed by atoms with Crippen LogP contribution in [0.15, 0.2) is 30.3 Å². The largest absolute Gasteiger partial charge is 0.392 e. The molecule has 3 rings (SSSR count). The van der Waals surface area contributed by atoms with Gasteiger partial charge < -0.3 is 5.11 Å². The van der Waals surface area contributed by atoms with E-state index in [-0.39, 0.29) is 6.10 Å². The molecule has 0 saturated carbocycles. The van der Waals surface area contributed by atoms with Crippen LogP contribution in [0.1, 0.15) is 11.3 Å². The number of hydrogen-bond donors (Lipinski definition) is 1. The highest BCUT2D eigenvalue weighted by atomic mass is 32.2. The summed E-state index contributed by atoms with van der Waals surface area (Å²) in [5, 5.41) is 11.2. The van der Waals surface area contributed by atoms with Gasteiger partial charge in [0.25, 0.3) is 0 Å². The van der Waals surface area contributed by atoms with Crippen molar-refractivity contribution in [3.05, 3.63) is 41.6 Å². The molecular formula is C15H17NOS. The lowest BCUT2D eigenvalue weighted by molar-refractivity contribution is 0.150. The number of nitrogens with zero attached hydrogens (tertiary/aromatic N) is 1. The molecule has 0 bridgehead atoms. The highest BCUT2D eigenvalue weighted by Crippen LogP contribution is 2.29. The van der Waals surface area contributed by atoms with Crippen LogP contribution in [0.25, 0.3) is 10.9 Å². The van der Waals surface area contributed by atoms with Crippen molar-refractivity contribution in [3.63, 3.8) is 0 Å². The zero-order chi connectivity index (χ0) is 12.5. The summed E-state index contributed by atoms with van der Waals surface area (Å²) in [4.78, 5) is 4.56. The molecule has 2 heterocycles. The standard InChI is InChI=1S/C15H17NOS/c1-10-6-11(7-12-8-18-9-15(12)17)13-4-2-3-5-14(13)16-10/h2-6,12,15,17H,7-9H2,1H3. The number of aliphatic hydroxyl groups excluding tert-OH is 1. The fourth-order valence-corrected chi connectivity index (χ4v) is 3.92. The summed E-state index contributed by atoms with van der Waals surface area (Å²) < 4.78 is 0. The van der Waals surface area contributed by atoms with Gasteiger partial charge in [-0.1, -0.05) is 18.2 Å². The molecule has 1 fully saturated rings. The zero-order valence-corrected chi connectivity index (χ0v) is 11.3. The van der Waals surface area contributed by atoms with Crippen LogP contribution in [-0.4, -0.2) is 27.7 Å². The van der Waals surface area contributed by atoms with Crippen LogP contribution < -0.4 is 0 Å². The summed E-state index contributed by atoms with van der Waals surface area (Å²) in [5.41, 5.74) is 3.45. The van der Waals surface area contributed by atoms with Crippen molar-refractivity contribution in [1.29, 1.82) is 0 Å². The Kier molecular flexibility index (Phi) is 3.27. The molecule has 1 aromatic heterocycles. The highest BCUT2D eigenvalue weighted by Gasteiger charge is 2.26. The Bertz CT molecular complexity index is 569. The van der Waals surface area contributed by atoms with Crippen LogP contribution in [0.5, 0.6) is 0 Å². The third kappa shape index (κ3) is 2.25. The average molecular weight is 259 g/mol. The highest BCUT2D eigenvalue weighted by molar-refractivity contribution is 7.99. The van der Waals surface area contributed by atoms with E-state index in [1.54, 1.807) is 0 Å². The number of fused-ring (bicyclic) bond motifs is 1. The predicted molar refractivity (Wildman–Crippen MR) is 77.0 cm³/mol. The Balaban J connectivity index is 2.00. The van der Waals surface area contributed by atoms with E-state index in [0.717, 1.165) is 29.1 Å². The Hall–Kier alpha value is -1.06. The van der Waals surface area contributed by atoms with E-state index in [1.165, 1.54) is 10.9 Å². The van der Waals surface area contributed by atoms with Crippen LogP contribution >= 0.6 is 11.8 Å². The smallest absolute Gasteiger partial charge is 0.0707 e. The molecule has 1 aliphatic rings. The van der Waals surface area contributed by atoms with E-state index in [2.05, 4.69) is 29.2 Å². The minimum atomic E-state index is -0.151. The van der Waals surface area contributed by atoms with Crippen LogP contribution in [0.3, 0.4) is 0 Å². The molecule has 2 aromatic rings. The van der Waals surface area contributed by atoms with E-state index in [1.807, 2.05) is 24.8 Å². The van der Waals surface area contributed by atoms with Gasteiger partial charge in [-0.2, -0.15) is 11.8 Å². The van der Waals surface area contributed by atoms with Gasteiger partial charge in [0, 0.05) is 16.8 Å². The fraction of sp³-hybridized carbons (Fsp3) is 0.400. The number of aryl methyl sites for hydroxylation is 1. The first-order valence-electron chi connectivity index (χ1n) is 6.35. The minimum Gasteiger partial charge on any atom is -0.392 e. The lowest BCUT2D eigenvalue weighted by atomic mass is 9.94. The molecule has 0 amide bonds. The maximum atomic E-state index is 9.96. The zero-order valence-electron chi connectivity index (χ0n) is 10.5. The van der Waals surface area contributed by atoms with Gasteiger partial charge in [-0.3, -0.25) is 4.98 Å². The molecule has 2 unspecified atom stereocenters. The molecule has 0 aliphatic carbocycles. The first kappa shape index (κ1) is 12.0. The molecule has 0 radical (unpaired) electrons. The number of hydrogen-bond acceptors (Lipinski definition) is 3. The van der Waals surface area contributed by atoms with Crippen molar-refractivity contribution in [3.8, 4) is 0 Å². The number of para-hydroxylation sites is 1. The first-order valence-corrected chi connectivity index (χ1v) is 7.50. The minimum absolute atomic E-state index is 0.151. The summed E-state index contributed by atoms with van der Waals surface area (Å²) in [5.74, 6) is 2.34. The first-order chi connectivity index (χ1) is 8.74. The third-order valence-electron chi connectivity index (χ3n) is 3.58. The van der Waals surface area contributed by atoms with Gasteiger partial charge in [0.1, 0.15) is 0 Å². The monoisotopic (exact) mass is 259 g/mol.